The molecule has 0 aromatic heterocycles. The van der Waals surface area contributed by atoms with Crippen molar-refractivity contribution in [2.24, 2.45) is 0 Å². The van der Waals surface area contributed by atoms with Gasteiger partial charge in [0.25, 0.3) is 5.91 Å². The van der Waals surface area contributed by atoms with Crippen molar-refractivity contribution < 1.29 is 14.3 Å². The molecular weight excluding hydrogens is 360 g/mol. The summed E-state index contributed by atoms with van der Waals surface area (Å²) in [6.45, 7) is 1.34. The second kappa shape index (κ2) is 6.60. The van der Waals surface area contributed by atoms with Crippen LogP contribution in [0.5, 0.6) is 23.0 Å². The molecule has 3 rings (SSSR count). The number of para-hydroxylation sites is 2. The Hall–Kier alpha value is -2.05. The molecule has 1 N–H and O–H groups in total. The molecule has 1 heterocycles. The predicted octanol–water partition coefficient (Wildman–Crippen LogP) is 3.64. The summed E-state index contributed by atoms with van der Waals surface area (Å²) < 4.78 is 12.6. The molecule has 0 saturated carbocycles. The lowest BCUT2D eigenvalue weighted by atomic mass is 10.1. The Balaban J connectivity index is 1.86. The molecule has 6 heteroatoms. The van der Waals surface area contributed by atoms with Crippen LogP contribution in [0.25, 0.3) is 0 Å². The van der Waals surface area contributed by atoms with E-state index in [9.17, 15) is 4.79 Å². The van der Waals surface area contributed by atoms with Crippen LogP contribution in [-0.4, -0.2) is 38.0 Å². The molecule has 1 amide bonds. The van der Waals surface area contributed by atoms with Gasteiger partial charge in [0.05, 0.1) is 10.0 Å². The van der Waals surface area contributed by atoms with Crippen LogP contribution >= 0.6 is 15.9 Å². The van der Waals surface area contributed by atoms with Crippen molar-refractivity contribution in [2.45, 2.75) is 0 Å². The second-order valence-corrected chi connectivity index (χ2v) is 6.32. The number of carbonyl (C=O) groups excluding carboxylic acids is 1. The largest absolute Gasteiger partial charge is 0.449 e. The standard InChI is InChI=1S/C17H17BrN2O3/c1-20(2)10-9-19-17(21)11-5-3-7-13-15(11)23-16-12(18)6-4-8-14(16)22-13/h3-8H,9-10H2,1-2H3,(H,19,21). The summed E-state index contributed by atoms with van der Waals surface area (Å²) in [6, 6.07) is 10.9. The van der Waals surface area contributed by atoms with Gasteiger partial charge in [-0.3, -0.25) is 4.79 Å². The first kappa shape index (κ1) is 15.8. The Morgan fingerprint density at radius 3 is 2.52 bits per heavy atom. The molecule has 0 radical (unpaired) electrons. The molecule has 5 nitrogen and oxygen atoms in total. The molecule has 1 aliphatic rings. The molecule has 1 aliphatic heterocycles. The lowest BCUT2D eigenvalue weighted by Gasteiger charge is -2.23. The van der Waals surface area contributed by atoms with Gasteiger partial charge in [0, 0.05) is 13.1 Å². The first-order valence-corrected chi connectivity index (χ1v) is 8.05. The number of halogens is 1. The normalized spacial score (nSPS) is 12.0. The molecular formula is C17H17BrN2O3. The van der Waals surface area contributed by atoms with Gasteiger partial charge in [0.1, 0.15) is 0 Å². The highest BCUT2D eigenvalue weighted by atomic mass is 79.9. The van der Waals surface area contributed by atoms with Crippen LogP contribution in [0.4, 0.5) is 0 Å². The minimum Gasteiger partial charge on any atom is -0.449 e. The zero-order valence-electron chi connectivity index (χ0n) is 12.9. The highest BCUT2D eigenvalue weighted by Gasteiger charge is 2.25. The Labute approximate surface area is 143 Å². The number of benzene rings is 2. The molecule has 0 saturated heterocycles. The maximum Gasteiger partial charge on any atom is 0.255 e. The fraction of sp³-hybridized carbons (Fsp3) is 0.235. The molecule has 23 heavy (non-hydrogen) atoms. The van der Waals surface area contributed by atoms with Gasteiger partial charge in [-0.05, 0) is 54.3 Å². The van der Waals surface area contributed by atoms with Crippen LogP contribution in [0.3, 0.4) is 0 Å². The van der Waals surface area contributed by atoms with Crippen molar-refractivity contribution in [2.75, 3.05) is 27.2 Å². The molecule has 0 spiro atoms. The summed E-state index contributed by atoms with van der Waals surface area (Å²) in [5, 5.41) is 2.89. The number of nitrogens with one attached hydrogen (secondary N) is 1. The highest BCUT2D eigenvalue weighted by molar-refractivity contribution is 9.10. The van der Waals surface area contributed by atoms with Gasteiger partial charge < -0.3 is 19.7 Å². The minimum absolute atomic E-state index is 0.178. The first-order valence-electron chi connectivity index (χ1n) is 7.26. The van der Waals surface area contributed by atoms with E-state index in [0.29, 0.717) is 35.1 Å². The second-order valence-electron chi connectivity index (χ2n) is 5.46. The van der Waals surface area contributed by atoms with Crippen LogP contribution in [0.1, 0.15) is 10.4 Å². The summed E-state index contributed by atoms with van der Waals surface area (Å²) in [6.07, 6.45) is 0. The van der Waals surface area contributed by atoms with Crippen LogP contribution in [0.2, 0.25) is 0 Å². The predicted molar refractivity (Wildman–Crippen MR) is 91.6 cm³/mol. The van der Waals surface area contributed by atoms with E-state index >= 15 is 0 Å². The van der Waals surface area contributed by atoms with E-state index < -0.39 is 0 Å². The number of hydrogen-bond acceptors (Lipinski definition) is 4. The highest BCUT2D eigenvalue weighted by Crippen LogP contribution is 2.49. The maximum absolute atomic E-state index is 12.4. The van der Waals surface area contributed by atoms with Crippen LogP contribution in [-0.2, 0) is 0 Å². The molecule has 0 unspecified atom stereocenters. The van der Waals surface area contributed by atoms with E-state index in [1.807, 2.05) is 37.2 Å². The SMILES string of the molecule is CN(C)CCNC(=O)c1cccc2c1Oc1c(Br)cccc1O2. The third kappa shape index (κ3) is 3.33. The fourth-order valence-electron chi connectivity index (χ4n) is 2.26. The van der Waals surface area contributed by atoms with Crippen LogP contribution in [0.15, 0.2) is 40.9 Å². The number of fused-ring (bicyclic) bond motifs is 2. The van der Waals surface area contributed by atoms with Crippen molar-refractivity contribution in [3.63, 3.8) is 0 Å². The van der Waals surface area contributed by atoms with Gasteiger partial charge >= 0.3 is 0 Å². The minimum atomic E-state index is -0.178. The average molecular weight is 377 g/mol. The number of ether oxygens (including phenoxy) is 2. The number of amides is 1. The van der Waals surface area contributed by atoms with E-state index in [1.165, 1.54) is 0 Å². The van der Waals surface area contributed by atoms with Crippen molar-refractivity contribution in [1.82, 2.24) is 10.2 Å². The summed E-state index contributed by atoms with van der Waals surface area (Å²) >= 11 is 3.44. The summed E-state index contributed by atoms with van der Waals surface area (Å²) in [5.74, 6) is 2.00. The Kier molecular flexibility index (Phi) is 4.54. The molecule has 0 bridgehead atoms. The lowest BCUT2D eigenvalue weighted by Crippen LogP contribution is -2.31. The van der Waals surface area contributed by atoms with E-state index in [0.717, 1.165) is 11.0 Å². The quantitative estimate of drug-likeness (QED) is 0.755. The topological polar surface area (TPSA) is 50.8 Å². The van der Waals surface area contributed by atoms with E-state index in [1.54, 1.807) is 18.2 Å². The summed E-state index contributed by atoms with van der Waals surface area (Å²) in [4.78, 5) is 14.4. The van der Waals surface area contributed by atoms with Gasteiger partial charge in [-0.25, -0.2) is 0 Å². The molecule has 2 aromatic carbocycles. The summed E-state index contributed by atoms with van der Waals surface area (Å²) in [5.41, 5.74) is 0.461. The van der Waals surface area contributed by atoms with E-state index in [2.05, 4.69) is 21.2 Å². The third-order valence-corrected chi connectivity index (χ3v) is 4.05. The molecule has 0 fully saturated rings. The van der Waals surface area contributed by atoms with Crippen LogP contribution in [0, 0.1) is 0 Å². The van der Waals surface area contributed by atoms with Gasteiger partial charge in [0.2, 0.25) is 0 Å². The first-order chi connectivity index (χ1) is 11.1. The van der Waals surface area contributed by atoms with Crippen LogP contribution < -0.4 is 14.8 Å². The summed E-state index contributed by atoms with van der Waals surface area (Å²) in [7, 11) is 3.92. The molecule has 120 valence electrons. The Morgan fingerprint density at radius 2 is 1.78 bits per heavy atom. The van der Waals surface area contributed by atoms with E-state index in [4.69, 9.17) is 9.47 Å². The zero-order valence-corrected chi connectivity index (χ0v) is 14.5. The van der Waals surface area contributed by atoms with E-state index in [-0.39, 0.29) is 5.91 Å². The van der Waals surface area contributed by atoms with Gasteiger partial charge in [-0.2, -0.15) is 0 Å². The molecule has 2 aromatic rings. The third-order valence-electron chi connectivity index (χ3n) is 3.42. The van der Waals surface area contributed by atoms with Crippen molar-refractivity contribution in [3.05, 3.63) is 46.4 Å². The monoisotopic (exact) mass is 376 g/mol. The number of hydrogen-bond donors (Lipinski definition) is 1. The maximum atomic E-state index is 12.4. The Morgan fingerprint density at radius 1 is 1.09 bits per heavy atom. The smallest absolute Gasteiger partial charge is 0.255 e. The zero-order chi connectivity index (χ0) is 16.4. The fourth-order valence-corrected chi connectivity index (χ4v) is 2.69. The average Bonchev–Trinajstić information content (AvgIpc) is 2.52. The number of nitrogens with zero attached hydrogens (tertiary/aromatic N) is 1. The van der Waals surface area contributed by atoms with Crippen molar-refractivity contribution >= 4 is 21.8 Å². The molecule has 0 aliphatic carbocycles. The number of likely N-dealkylation sites (N-methyl/N-ethyl adjacent to an activating group) is 1. The lowest BCUT2D eigenvalue weighted by molar-refractivity contribution is 0.0947. The van der Waals surface area contributed by atoms with Gasteiger partial charge in [0.15, 0.2) is 23.0 Å². The van der Waals surface area contributed by atoms with Gasteiger partial charge in [-0.1, -0.05) is 12.1 Å². The number of carbonyl (C=O) groups is 1. The molecule has 0 atom stereocenters. The number of rotatable bonds is 4. The van der Waals surface area contributed by atoms with Crippen molar-refractivity contribution in [1.29, 1.82) is 0 Å². The van der Waals surface area contributed by atoms with Gasteiger partial charge in [-0.15, -0.1) is 0 Å². The Bertz CT molecular complexity index is 747. The van der Waals surface area contributed by atoms with Crippen molar-refractivity contribution in [3.8, 4) is 23.0 Å².